The lowest BCUT2D eigenvalue weighted by molar-refractivity contribution is 0.0947. The number of nitrogens with one attached hydrogen (secondary N) is 1. The summed E-state index contributed by atoms with van der Waals surface area (Å²) in [6.45, 7) is 4.62. The number of nitrogens with zero attached hydrogens (tertiary/aromatic N) is 2. The summed E-state index contributed by atoms with van der Waals surface area (Å²) in [5, 5.41) is 7.14. The van der Waals surface area contributed by atoms with Gasteiger partial charge in [0.25, 0.3) is 5.91 Å². The molecule has 1 aromatic heterocycles. The molecule has 1 amide bonds. The summed E-state index contributed by atoms with van der Waals surface area (Å²) in [7, 11) is -2.95. The van der Waals surface area contributed by atoms with Crippen molar-refractivity contribution in [3.05, 3.63) is 17.5 Å². The monoisotopic (exact) mass is 313 g/mol. The van der Waals surface area contributed by atoms with Gasteiger partial charge in [0, 0.05) is 12.2 Å². The van der Waals surface area contributed by atoms with Crippen LogP contribution in [0.3, 0.4) is 0 Å². The molecule has 2 rings (SSSR count). The molecule has 0 aromatic carbocycles. The van der Waals surface area contributed by atoms with Crippen LogP contribution in [-0.2, 0) is 9.84 Å². The minimum absolute atomic E-state index is 0.118. The molecule has 0 spiro atoms. The number of aromatic nitrogens is 2. The fourth-order valence-electron chi connectivity index (χ4n) is 2.60. The topological polar surface area (TPSA) is 81.1 Å². The molecule has 1 fully saturated rings. The molecule has 21 heavy (non-hydrogen) atoms. The highest BCUT2D eigenvalue weighted by Crippen LogP contribution is 2.24. The number of amides is 1. The van der Waals surface area contributed by atoms with Crippen molar-refractivity contribution in [2.45, 2.75) is 45.6 Å². The van der Waals surface area contributed by atoms with Gasteiger partial charge in [-0.1, -0.05) is 19.8 Å². The quantitative estimate of drug-likeness (QED) is 0.806. The van der Waals surface area contributed by atoms with Crippen LogP contribution in [0.2, 0.25) is 0 Å². The van der Waals surface area contributed by atoms with Crippen LogP contribution in [0.15, 0.2) is 6.07 Å². The number of hydrogen-bond acceptors (Lipinski definition) is 4. The smallest absolute Gasteiger partial charge is 0.271 e. The Kier molecular flexibility index (Phi) is 5.03. The van der Waals surface area contributed by atoms with Gasteiger partial charge in [0.05, 0.1) is 17.5 Å². The summed E-state index contributed by atoms with van der Waals surface area (Å²) in [4.78, 5) is 12.0. The third-order valence-corrected chi connectivity index (χ3v) is 5.53. The predicted octanol–water partition coefficient (Wildman–Crippen LogP) is 1.47. The average Bonchev–Trinajstić information content (AvgIpc) is 2.97. The van der Waals surface area contributed by atoms with E-state index in [1.165, 1.54) is 0 Å². The SMILES string of the molecule is CCCCCNC(=O)c1cc(C)n(C2CCS(=O)(=O)C2)n1. The largest absolute Gasteiger partial charge is 0.351 e. The van der Waals surface area contributed by atoms with E-state index >= 15 is 0 Å². The van der Waals surface area contributed by atoms with Crippen molar-refractivity contribution < 1.29 is 13.2 Å². The zero-order chi connectivity index (χ0) is 15.5. The standard InChI is InChI=1S/C14H23N3O3S/c1-3-4-5-7-15-14(18)13-9-11(2)17(16-13)12-6-8-21(19,20)10-12/h9,12H,3-8,10H2,1-2H3,(H,15,18). The van der Waals surface area contributed by atoms with Gasteiger partial charge in [-0.2, -0.15) is 5.10 Å². The Morgan fingerprint density at radius 2 is 2.24 bits per heavy atom. The molecule has 1 N–H and O–H groups in total. The molecule has 0 saturated carbocycles. The second-order valence-corrected chi connectivity index (χ2v) is 7.86. The minimum atomic E-state index is -2.95. The van der Waals surface area contributed by atoms with Gasteiger partial charge in [-0.15, -0.1) is 0 Å². The molecule has 7 heteroatoms. The van der Waals surface area contributed by atoms with Crippen LogP contribution in [0.1, 0.15) is 54.8 Å². The van der Waals surface area contributed by atoms with E-state index in [1.54, 1.807) is 10.7 Å². The highest BCUT2D eigenvalue weighted by atomic mass is 32.2. The van der Waals surface area contributed by atoms with E-state index < -0.39 is 9.84 Å². The maximum Gasteiger partial charge on any atom is 0.271 e. The summed E-state index contributed by atoms with van der Waals surface area (Å²) in [6.07, 6.45) is 3.73. The molecular weight excluding hydrogens is 290 g/mol. The fraction of sp³-hybridized carbons (Fsp3) is 0.714. The van der Waals surface area contributed by atoms with Gasteiger partial charge in [0.15, 0.2) is 9.84 Å². The molecule has 0 bridgehead atoms. The average molecular weight is 313 g/mol. The molecule has 0 radical (unpaired) electrons. The molecule has 1 aromatic rings. The van der Waals surface area contributed by atoms with E-state index in [4.69, 9.17) is 0 Å². The molecule has 1 aliphatic heterocycles. The summed E-state index contributed by atoms with van der Waals surface area (Å²) in [5.41, 5.74) is 1.20. The molecule has 118 valence electrons. The molecule has 0 aliphatic carbocycles. The lowest BCUT2D eigenvalue weighted by atomic mass is 10.2. The minimum Gasteiger partial charge on any atom is -0.351 e. The third kappa shape index (κ3) is 4.06. The van der Waals surface area contributed by atoms with E-state index in [0.29, 0.717) is 18.7 Å². The van der Waals surface area contributed by atoms with Crippen LogP contribution in [0.5, 0.6) is 0 Å². The van der Waals surface area contributed by atoms with Crippen LogP contribution in [0.4, 0.5) is 0 Å². The Morgan fingerprint density at radius 3 is 2.86 bits per heavy atom. The maximum atomic E-state index is 12.0. The Bertz CT molecular complexity index is 607. The molecule has 1 aliphatic rings. The predicted molar refractivity (Wildman–Crippen MR) is 81.1 cm³/mol. The van der Waals surface area contributed by atoms with Crippen molar-refractivity contribution in [3.8, 4) is 0 Å². The van der Waals surface area contributed by atoms with Gasteiger partial charge in [0.2, 0.25) is 0 Å². The van der Waals surface area contributed by atoms with E-state index in [2.05, 4.69) is 17.3 Å². The van der Waals surface area contributed by atoms with Gasteiger partial charge < -0.3 is 5.32 Å². The summed E-state index contributed by atoms with van der Waals surface area (Å²) in [6, 6.07) is 1.58. The van der Waals surface area contributed by atoms with E-state index in [0.717, 1.165) is 25.0 Å². The Balaban J connectivity index is 2.00. The number of carbonyl (C=O) groups excluding carboxylic acids is 1. The number of aryl methyl sites for hydroxylation is 1. The first-order valence-electron chi connectivity index (χ1n) is 7.47. The number of unbranched alkanes of at least 4 members (excludes halogenated alkanes) is 2. The van der Waals surface area contributed by atoms with Gasteiger partial charge in [-0.25, -0.2) is 8.42 Å². The zero-order valence-electron chi connectivity index (χ0n) is 12.6. The lowest BCUT2D eigenvalue weighted by Crippen LogP contribution is -2.25. The second kappa shape index (κ2) is 6.60. The second-order valence-electron chi connectivity index (χ2n) is 5.64. The number of sulfone groups is 1. The van der Waals surface area contributed by atoms with Crippen LogP contribution in [0.25, 0.3) is 0 Å². The Labute approximate surface area is 125 Å². The Morgan fingerprint density at radius 1 is 1.48 bits per heavy atom. The molecule has 6 nitrogen and oxygen atoms in total. The summed E-state index contributed by atoms with van der Waals surface area (Å²) >= 11 is 0. The van der Waals surface area contributed by atoms with E-state index in [9.17, 15) is 13.2 Å². The van der Waals surface area contributed by atoms with Gasteiger partial charge in [0.1, 0.15) is 5.69 Å². The highest BCUT2D eigenvalue weighted by molar-refractivity contribution is 7.91. The normalized spacial score (nSPS) is 20.6. The molecule has 1 saturated heterocycles. The first-order valence-corrected chi connectivity index (χ1v) is 9.30. The van der Waals surface area contributed by atoms with Crippen LogP contribution in [0, 0.1) is 6.92 Å². The van der Waals surface area contributed by atoms with Crippen molar-refractivity contribution in [1.82, 2.24) is 15.1 Å². The molecule has 1 atom stereocenters. The van der Waals surface area contributed by atoms with Crippen LogP contribution in [-0.4, -0.2) is 42.2 Å². The molecular formula is C14H23N3O3S. The summed E-state index contributed by atoms with van der Waals surface area (Å²) < 4.78 is 24.8. The van der Waals surface area contributed by atoms with Crippen molar-refractivity contribution >= 4 is 15.7 Å². The van der Waals surface area contributed by atoms with Crippen molar-refractivity contribution in [3.63, 3.8) is 0 Å². The first-order chi connectivity index (χ1) is 9.93. The van der Waals surface area contributed by atoms with Gasteiger partial charge >= 0.3 is 0 Å². The van der Waals surface area contributed by atoms with Gasteiger partial charge in [-0.05, 0) is 25.8 Å². The van der Waals surface area contributed by atoms with E-state index in [-0.39, 0.29) is 23.5 Å². The highest BCUT2D eigenvalue weighted by Gasteiger charge is 2.31. The summed E-state index contributed by atoms with van der Waals surface area (Å²) in [5.74, 6) is 0.136. The Hall–Kier alpha value is -1.37. The number of rotatable bonds is 6. The van der Waals surface area contributed by atoms with Crippen LogP contribution < -0.4 is 5.32 Å². The van der Waals surface area contributed by atoms with Gasteiger partial charge in [-0.3, -0.25) is 9.48 Å². The van der Waals surface area contributed by atoms with E-state index in [1.807, 2.05) is 6.92 Å². The van der Waals surface area contributed by atoms with Crippen molar-refractivity contribution in [1.29, 1.82) is 0 Å². The first kappa shape index (κ1) is 16.0. The van der Waals surface area contributed by atoms with Crippen LogP contribution >= 0.6 is 0 Å². The number of hydrogen-bond donors (Lipinski definition) is 1. The maximum absolute atomic E-state index is 12.0. The number of carbonyl (C=O) groups is 1. The lowest BCUT2D eigenvalue weighted by Gasteiger charge is -2.10. The van der Waals surface area contributed by atoms with Crippen molar-refractivity contribution in [2.24, 2.45) is 0 Å². The fourth-order valence-corrected chi connectivity index (χ4v) is 4.30. The molecule has 2 heterocycles. The van der Waals surface area contributed by atoms with Crippen molar-refractivity contribution in [2.75, 3.05) is 18.1 Å². The molecule has 1 unspecified atom stereocenters. The third-order valence-electron chi connectivity index (χ3n) is 3.78. The zero-order valence-corrected chi connectivity index (χ0v) is 13.4.